The van der Waals surface area contributed by atoms with Crippen LogP contribution < -0.4 is 4.72 Å². The molecule has 0 aliphatic carbocycles. The first-order valence-electron chi connectivity index (χ1n) is 4.97. The van der Waals surface area contributed by atoms with Crippen LogP contribution in [0.1, 0.15) is 6.42 Å². The van der Waals surface area contributed by atoms with E-state index in [4.69, 9.17) is 4.74 Å². The molecule has 0 bridgehead atoms. The zero-order valence-corrected chi connectivity index (χ0v) is 9.35. The van der Waals surface area contributed by atoms with Crippen LogP contribution in [0.15, 0.2) is 35.2 Å². The largest absolute Gasteiger partial charge is 0.367 e. The van der Waals surface area contributed by atoms with E-state index in [2.05, 4.69) is 4.72 Å². The lowest BCUT2D eigenvalue weighted by Crippen LogP contribution is -2.40. The summed E-state index contributed by atoms with van der Waals surface area (Å²) in [5, 5.41) is 9.35. The molecule has 2 unspecified atom stereocenters. The Kier molecular flexibility index (Phi) is 3.25. The minimum Gasteiger partial charge on any atom is -0.367 e. The average molecular weight is 243 g/mol. The maximum atomic E-state index is 11.9. The van der Waals surface area contributed by atoms with Gasteiger partial charge < -0.3 is 9.84 Å². The molecule has 1 saturated heterocycles. The maximum Gasteiger partial charge on any atom is 0.240 e. The zero-order chi connectivity index (χ0) is 11.6. The lowest BCUT2D eigenvalue weighted by Gasteiger charge is -2.15. The molecule has 1 aromatic carbocycles. The molecule has 1 heterocycles. The van der Waals surface area contributed by atoms with E-state index in [-0.39, 0.29) is 4.90 Å². The van der Waals surface area contributed by atoms with Crippen molar-refractivity contribution in [3.8, 4) is 0 Å². The Hall–Kier alpha value is -0.950. The summed E-state index contributed by atoms with van der Waals surface area (Å²) in [7, 11) is -3.57. The number of ether oxygens (including phenoxy) is 1. The van der Waals surface area contributed by atoms with Crippen molar-refractivity contribution < 1.29 is 18.3 Å². The fourth-order valence-electron chi connectivity index (χ4n) is 1.56. The summed E-state index contributed by atoms with van der Waals surface area (Å²) in [5.41, 5.74) is 0. The van der Waals surface area contributed by atoms with Crippen molar-refractivity contribution >= 4 is 10.0 Å². The summed E-state index contributed by atoms with van der Waals surface area (Å²) in [5.74, 6) is 0. The summed E-state index contributed by atoms with van der Waals surface area (Å²) >= 11 is 0. The van der Waals surface area contributed by atoms with E-state index in [0.717, 1.165) is 0 Å². The summed E-state index contributed by atoms with van der Waals surface area (Å²) in [6.07, 6.45) is -0.578. The predicted molar refractivity (Wildman–Crippen MR) is 57.1 cm³/mol. The number of nitrogens with one attached hydrogen (secondary N) is 1. The van der Waals surface area contributed by atoms with Crippen molar-refractivity contribution in [1.29, 1.82) is 0 Å². The van der Waals surface area contributed by atoms with Gasteiger partial charge in [0.1, 0.15) is 0 Å². The molecule has 0 saturated carbocycles. The predicted octanol–water partition coefficient (Wildman–Crippen LogP) is 0.0722. The number of hydrogen-bond acceptors (Lipinski definition) is 4. The highest BCUT2D eigenvalue weighted by atomic mass is 32.2. The van der Waals surface area contributed by atoms with Crippen molar-refractivity contribution in [3.05, 3.63) is 30.3 Å². The van der Waals surface area contributed by atoms with Gasteiger partial charge in [-0.3, -0.25) is 0 Å². The van der Waals surface area contributed by atoms with E-state index in [1.165, 1.54) is 12.1 Å². The number of hydrogen-bond donors (Lipinski definition) is 2. The van der Waals surface area contributed by atoms with Gasteiger partial charge in [-0.2, -0.15) is 0 Å². The molecular weight excluding hydrogens is 230 g/mol. The van der Waals surface area contributed by atoms with Crippen LogP contribution in [0.3, 0.4) is 0 Å². The highest BCUT2D eigenvalue weighted by molar-refractivity contribution is 7.89. The average Bonchev–Trinajstić information content (AvgIpc) is 2.65. The first-order valence-corrected chi connectivity index (χ1v) is 6.45. The number of sulfonamides is 1. The minimum atomic E-state index is -3.57. The Morgan fingerprint density at radius 3 is 2.56 bits per heavy atom. The highest BCUT2D eigenvalue weighted by Crippen LogP contribution is 2.15. The SMILES string of the molecule is O=S(=O)(NC1CCOC1O)c1ccccc1. The Labute approximate surface area is 94.1 Å². The molecule has 0 radical (unpaired) electrons. The third kappa shape index (κ3) is 2.41. The third-order valence-electron chi connectivity index (χ3n) is 2.42. The third-order valence-corrected chi connectivity index (χ3v) is 3.93. The molecule has 2 N–H and O–H groups in total. The number of aliphatic hydroxyl groups is 1. The van der Waals surface area contributed by atoms with Crippen molar-refractivity contribution in [2.24, 2.45) is 0 Å². The standard InChI is InChI=1S/C10H13NO4S/c12-10-9(6-7-15-10)11-16(13,14)8-4-2-1-3-5-8/h1-5,9-12H,6-7H2. The van der Waals surface area contributed by atoms with Gasteiger partial charge in [0, 0.05) is 0 Å². The van der Waals surface area contributed by atoms with Gasteiger partial charge in [0.15, 0.2) is 6.29 Å². The molecule has 0 amide bonds. The summed E-state index contributed by atoms with van der Waals surface area (Å²) in [6.45, 7) is 0.364. The van der Waals surface area contributed by atoms with E-state index in [9.17, 15) is 13.5 Å². The highest BCUT2D eigenvalue weighted by Gasteiger charge is 2.30. The normalized spacial score (nSPS) is 25.8. The summed E-state index contributed by atoms with van der Waals surface area (Å²) < 4.78 is 31.0. The molecule has 1 fully saturated rings. The second kappa shape index (κ2) is 4.50. The molecule has 1 aromatic rings. The molecule has 1 aliphatic heterocycles. The zero-order valence-electron chi connectivity index (χ0n) is 8.54. The second-order valence-corrected chi connectivity index (χ2v) is 5.30. The lowest BCUT2D eigenvalue weighted by atomic mass is 10.3. The van der Waals surface area contributed by atoms with Crippen LogP contribution in [0, 0.1) is 0 Å². The van der Waals surface area contributed by atoms with Crippen LogP contribution in [0.2, 0.25) is 0 Å². The molecule has 0 spiro atoms. The first kappa shape index (κ1) is 11.5. The van der Waals surface area contributed by atoms with E-state index >= 15 is 0 Å². The van der Waals surface area contributed by atoms with Gasteiger partial charge in [0.25, 0.3) is 0 Å². The van der Waals surface area contributed by atoms with E-state index in [0.29, 0.717) is 13.0 Å². The van der Waals surface area contributed by atoms with Crippen LogP contribution in [0.4, 0.5) is 0 Å². The topological polar surface area (TPSA) is 75.6 Å². The molecule has 5 nitrogen and oxygen atoms in total. The maximum absolute atomic E-state index is 11.9. The Morgan fingerprint density at radius 1 is 1.31 bits per heavy atom. The van der Waals surface area contributed by atoms with Crippen LogP contribution in [0.25, 0.3) is 0 Å². The van der Waals surface area contributed by atoms with Crippen molar-refractivity contribution in [2.45, 2.75) is 23.6 Å². The molecule has 2 rings (SSSR count). The summed E-state index contributed by atoms with van der Waals surface area (Å²) in [4.78, 5) is 0.189. The fourth-order valence-corrected chi connectivity index (χ4v) is 2.84. The van der Waals surface area contributed by atoms with Gasteiger partial charge in [-0.25, -0.2) is 13.1 Å². The lowest BCUT2D eigenvalue weighted by molar-refractivity contribution is -0.0686. The van der Waals surface area contributed by atoms with Gasteiger partial charge in [0.05, 0.1) is 17.5 Å². The van der Waals surface area contributed by atoms with Gasteiger partial charge >= 0.3 is 0 Å². The van der Waals surface area contributed by atoms with Gasteiger partial charge in [0.2, 0.25) is 10.0 Å². The molecule has 16 heavy (non-hydrogen) atoms. The van der Waals surface area contributed by atoms with E-state index in [1.54, 1.807) is 18.2 Å². The quantitative estimate of drug-likeness (QED) is 0.788. The number of benzene rings is 1. The monoisotopic (exact) mass is 243 g/mol. The fraction of sp³-hybridized carbons (Fsp3) is 0.400. The van der Waals surface area contributed by atoms with Gasteiger partial charge in [-0.1, -0.05) is 18.2 Å². The van der Waals surface area contributed by atoms with Crippen molar-refractivity contribution in [3.63, 3.8) is 0 Å². The first-order chi connectivity index (χ1) is 7.59. The van der Waals surface area contributed by atoms with Crippen LogP contribution in [-0.4, -0.2) is 32.5 Å². The van der Waals surface area contributed by atoms with Crippen LogP contribution in [0.5, 0.6) is 0 Å². The Bertz CT molecular complexity index is 445. The minimum absolute atomic E-state index is 0.189. The molecule has 2 atom stereocenters. The van der Waals surface area contributed by atoms with E-state index in [1.807, 2.05) is 0 Å². The smallest absolute Gasteiger partial charge is 0.240 e. The van der Waals surface area contributed by atoms with Crippen LogP contribution >= 0.6 is 0 Å². The van der Waals surface area contributed by atoms with E-state index < -0.39 is 22.4 Å². The molecule has 1 aliphatic rings. The number of aliphatic hydroxyl groups excluding tert-OH is 1. The summed E-state index contributed by atoms with van der Waals surface area (Å²) in [6, 6.07) is 7.48. The Morgan fingerprint density at radius 2 is 2.00 bits per heavy atom. The van der Waals surface area contributed by atoms with Crippen molar-refractivity contribution in [2.75, 3.05) is 6.61 Å². The molecule has 0 aromatic heterocycles. The molecule has 88 valence electrons. The molecular formula is C10H13NO4S. The molecule has 6 heteroatoms. The van der Waals surface area contributed by atoms with Crippen LogP contribution in [-0.2, 0) is 14.8 Å². The Balaban J connectivity index is 2.15. The second-order valence-electron chi connectivity index (χ2n) is 3.59. The van der Waals surface area contributed by atoms with Crippen molar-refractivity contribution in [1.82, 2.24) is 4.72 Å². The van der Waals surface area contributed by atoms with Gasteiger partial charge in [-0.15, -0.1) is 0 Å². The van der Waals surface area contributed by atoms with Gasteiger partial charge in [-0.05, 0) is 18.6 Å². The number of rotatable bonds is 3.